The molecule has 2 nitrogen and oxygen atoms in total. The molecule has 0 saturated heterocycles. The summed E-state index contributed by atoms with van der Waals surface area (Å²) in [6.07, 6.45) is 2.71. The van der Waals surface area contributed by atoms with E-state index in [2.05, 4.69) is 43.2 Å². The first-order valence-corrected chi connectivity index (χ1v) is 6.11. The van der Waals surface area contributed by atoms with Crippen LogP contribution in [0.5, 0.6) is 5.75 Å². The normalized spacial score (nSPS) is 10.4. The molecule has 2 aromatic rings. The largest absolute Gasteiger partial charge is 0.496 e. The van der Waals surface area contributed by atoms with E-state index < -0.39 is 0 Å². The van der Waals surface area contributed by atoms with Crippen LogP contribution in [-0.4, -0.2) is 11.7 Å². The van der Waals surface area contributed by atoms with E-state index in [4.69, 9.17) is 4.74 Å². The van der Waals surface area contributed by atoms with Crippen molar-refractivity contribution >= 4 is 0 Å². The quantitative estimate of drug-likeness (QED) is 0.742. The Kier molecular flexibility index (Phi) is 3.56. The summed E-state index contributed by atoms with van der Waals surface area (Å²) in [7, 11) is 1.71. The third-order valence-electron chi connectivity index (χ3n) is 3.19. The van der Waals surface area contributed by atoms with Gasteiger partial charge in [-0.15, -0.1) is 6.58 Å². The standard InChI is InChI=1S/C16H19NO/c1-5-7-14-15(8-6-9-16(14)18-4)17-12(2)10-11-13(17)3/h5-6,8-11H,1,7H2,2-4H3. The van der Waals surface area contributed by atoms with E-state index in [0.29, 0.717) is 0 Å². The average molecular weight is 241 g/mol. The van der Waals surface area contributed by atoms with Crippen molar-refractivity contribution in [2.24, 2.45) is 0 Å². The van der Waals surface area contributed by atoms with Crippen molar-refractivity contribution < 1.29 is 4.74 Å². The number of aryl methyl sites for hydroxylation is 2. The van der Waals surface area contributed by atoms with E-state index >= 15 is 0 Å². The molecule has 0 bridgehead atoms. The molecule has 18 heavy (non-hydrogen) atoms. The zero-order valence-electron chi connectivity index (χ0n) is 11.2. The fraction of sp³-hybridized carbons (Fsp3) is 0.250. The van der Waals surface area contributed by atoms with Gasteiger partial charge < -0.3 is 9.30 Å². The number of hydrogen-bond donors (Lipinski definition) is 0. The van der Waals surface area contributed by atoms with Gasteiger partial charge in [-0.3, -0.25) is 0 Å². The first-order chi connectivity index (χ1) is 8.69. The number of methoxy groups -OCH3 is 1. The van der Waals surface area contributed by atoms with E-state index in [0.717, 1.165) is 12.2 Å². The Hall–Kier alpha value is -1.96. The van der Waals surface area contributed by atoms with Gasteiger partial charge in [0.05, 0.1) is 12.8 Å². The van der Waals surface area contributed by atoms with E-state index in [1.807, 2.05) is 18.2 Å². The average Bonchev–Trinajstić information content (AvgIpc) is 2.70. The molecule has 0 aliphatic heterocycles. The molecule has 0 fully saturated rings. The molecule has 0 amide bonds. The minimum Gasteiger partial charge on any atom is -0.496 e. The smallest absolute Gasteiger partial charge is 0.124 e. The second kappa shape index (κ2) is 5.13. The van der Waals surface area contributed by atoms with Crippen LogP contribution in [-0.2, 0) is 6.42 Å². The van der Waals surface area contributed by atoms with Crippen LogP contribution in [0.3, 0.4) is 0 Å². The second-order valence-corrected chi connectivity index (χ2v) is 4.40. The lowest BCUT2D eigenvalue weighted by atomic mass is 10.1. The van der Waals surface area contributed by atoms with Gasteiger partial charge in [-0.2, -0.15) is 0 Å². The van der Waals surface area contributed by atoms with Gasteiger partial charge in [0.25, 0.3) is 0 Å². The zero-order chi connectivity index (χ0) is 13.1. The maximum Gasteiger partial charge on any atom is 0.124 e. The van der Waals surface area contributed by atoms with Crippen molar-refractivity contribution in [3.8, 4) is 11.4 Å². The Labute approximate surface area is 109 Å². The molecule has 0 N–H and O–H groups in total. The molecule has 0 spiro atoms. The lowest BCUT2D eigenvalue weighted by Gasteiger charge is -2.16. The third-order valence-corrected chi connectivity index (χ3v) is 3.19. The monoisotopic (exact) mass is 241 g/mol. The number of rotatable bonds is 4. The minimum absolute atomic E-state index is 0.802. The highest BCUT2D eigenvalue weighted by Crippen LogP contribution is 2.28. The molecule has 2 rings (SSSR count). The summed E-state index contributed by atoms with van der Waals surface area (Å²) in [6.45, 7) is 8.06. The van der Waals surface area contributed by atoms with Crippen molar-refractivity contribution in [1.29, 1.82) is 0 Å². The Morgan fingerprint density at radius 1 is 1.17 bits per heavy atom. The number of ether oxygens (including phenoxy) is 1. The molecule has 0 radical (unpaired) electrons. The van der Waals surface area contributed by atoms with Crippen molar-refractivity contribution in [3.05, 3.63) is 59.9 Å². The highest BCUT2D eigenvalue weighted by atomic mass is 16.5. The summed E-state index contributed by atoms with van der Waals surface area (Å²) in [5.74, 6) is 0.917. The van der Waals surface area contributed by atoms with Crippen molar-refractivity contribution in [2.75, 3.05) is 7.11 Å². The SMILES string of the molecule is C=CCc1c(OC)cccc1-n1c(C)ccc1C. The Morgan fingerprint density at radius 2 is 1.83 bits per heavy atom. The van der Waals surface area contributed by atoms with Gasteiger partial charge >= 0.3 is 0 Å². The van der Waals surface area contributed by atoms with Crippen LogP contribution in [0.15, 0.2) is 43.0 Å². The number of nitrogens with zero attached hydrogens (tertiary/aromatic N) is 1. The molecule has 0 unspecified atom stereocenters. The molecule has 2 heteroatoms. The topological polar surface area (TPSA) is 14.2 Å². The summed E-state index contributed by atoms with van der Waals surface area (Å²) in [6, 6.07) is 10.4. The Bertz CT molecular complexity index is 547. The fourth-order valence-corrected chi connectivity index (χ4v) is 2.35. The van der Waals surface area contributed by atoms with Gasteiger partial charge in [-0.05, 0) is 44.5 Å². The summed E-state index contributed by atoms with van der Waals surface area (Å²) in [5, 5.41) is 0. The van der Waals surface area contributed by atoms with Crippen molar-refractivity contribution in [3.63, 3.8) is 0 Å². The maximum atomic E-state index is 5.46. The molecular formula is C16H19NO. The minimum atomic E-state index is 0.802. The predicted molar refractivity (Wildman–Crippen MR) is 75.7 cm³/mol. The first kappa shape index (κ1) is 12.5. The van der Waals surface area contributed by atoms with Crippen LogP contribution in [0.25, 0.3) is 5.69 Å². The molecule has 0 aliphatic carbocycles. The van der Waals surface area contributed by atoms with E-state index in [-0.39, 0.29) is 0 Å². The van der Waals surface area contributed by atoms with Crippen LogP contribution in [0, 0.1) is 13.8 Å². The van der Waals surface area contributed by atoms with Gasteiger partial charge in [0, 0.05) is 17.0 Å². The van der Waals surface area contributed by atoms with Crippen LogP contribution in [0.2, 0.25) is 0 Å². The van der Waals surface area contributed by atoms with Crippen molar-refractivity contribution in [1.82, 2.24) is 4.57 Å². The summed E-state index contributed by atoms with van der Waals surface area (Å²) >= 11 is 0. The van der Waals surface area contributed by atoms with Gasteiger partial charge in [0.1, 0.15) is 5.75 Å². The van der Waals surface area contributed by atoms with Crippen LogP contribution >= 0.6 is 0 Å². The van der Waals surface area contributed by atoms with Gasteiger partial charge in [0.2, 0.25) is 0 Å². The maximum absolute atomic E-state index is 5.46. The fourth-order valence-electron chi connectivity index (χ4n) is 2.35. The first-order valence-electron chi connectivity index (χ1n) is 6.11. The lowest BCUT2D eigenvalue weighted by Crippen LogP contribution is -2.04. The number of aromatic nitrogens is 1. The van der Waals surface area contributed by atoms with E-state index in [9.17, 15) is 0 Å². The number of benzene rings is 1. The molecule has 0 atom stereocenters. The molecular weight excluding hydrogens is 222 g/mol. The molecule has 1 aromatic heterocycles. The third kappa shape index (κ3) is 2.06. The molecule has 1 aromatic carbocycles. The Morgan fingerprint density at radius 3 is 2.39 bits per heavy atom. The summed E-state index contributed by atoms with van der Waals surface area (Å²) < 4.78 is 7.71. The predicted octanol–water partition coefficient (Wildman–Crippen LogP) is 3.83. The molecule has 94 valence electrons. The number of hydrogen-bond acceptors (Lipinski definition) is 1. The number of allylic oxidation sites excluding steroid dienone is 1. The van der Waals surface area contributed by atoms with Crippen LogP contribution < -0.4 is 4.74 Å². The van der Waals surface area contributed by atoms with Crippen LogP contribution in [0.4, 0.5) is 0 Å². The molecule has 0 saturated carbocycles. The van der Waals surface area contributed by atoms with E-state index in [1.165, 1.54) is 22.6 Å². The van der Waals surface area contributed by atoms with Gasteiger partial charge in [-0.25, -0.2) is 0 Å². The zero-order valence-corrected chi connectivity index (χ0v) is 11.2. The summed E-state index contributed by atoms with van der Waals surface area (Å²) in [5.41, 5.74) is 4.81. The second-order valence-electron chi connectivity index (χ2n) is 4.40. The van der Waals surface area contributed by atoms with Gasteiger partial charge in [-0.1, -0.05) is 12.1 Å². The highest BCUT2D eigenvalue weighted by Gasteiger charge is 2.12. The van der Waals surface area contributed by atoms with Crippen molar-refractivity contribution in [2.45, 2.75) is 20.3 Å². The molecule has 0 aliphatic rings. The lowest BCUT2D eigenvalue weighted by molar-refractivity contribution is 0.410. The van der Waals surface area contributed by atoms with E-state index in [1.54, 1.807) is 7.11 Å². The highest BCUT2D eigenvalue weighted by molar-refractivity contribution is 5.52. The van der Waals surface area contributed by atoms with Crippen LogP contribution in [0.1, 0.15) is 17.0 Å². The summed E-state index contributed by atoms with van der Waals surface area (Å²) in [4.78, 5) is 0. The Balaban J connectivity index is 2.67. The van der Waals surface area contributed by atoms with Gasteiger partial charge in [0.15, 0.2) is 0 Å². The molecule has 1 heterocycles.